The third-order valence-corrected chi connectivity index (χ3v) is 3.00. The van der Waals surface area contributed by atoms with E-state index < -0.39 is 0 Å². The molecule has 3 nitrogen and oxygen atoms in total. The lowest BCUT2D eigenvalue weighted by Crippen LogP contribution is -2.06. The molecule has 1 aliphatic rings. The van der Waals surface area contributed by atoms with Crippen LogP contribution in [0.4, 0.5) is 0 Å². The Balaban J connectivity index is 2.18. The average Bonchev–Trinajstić information content (AvgIpc) is 2.84. The number of hydrogen-bond acceptors (Lipinski definition) is 4. The van der Waals surface area contributed by atoms with Gasteiger partial charge in [0.1, 0.15) is 0 Å². The lowest BCUT2D eigenvalue weighted by molar-refractivity contribution is 0.0519. The van der Waals surface area contributed by atoms with Gasteiger partial charge in [-0.05, 0) is 25.7 Å². The number of carbonyl (C=O) groups is 1. The molecule has 0 aliphatic heterocycles. The largest absolute Gasteiger partial charge is 0.461 e. The first kappa shape index (κ1) is 8.69. The summed E-state index contributed by atoms with van der Waals surface area (Å²) < 4.78 is 4.91. The van der Waals surface area contributed by atoms with Crippen LogP contribution in [0.1, 0.15) is 41.0 Å². The van der Waals surface area contributed by atoms with Crippen molar-refractivity contribution in [1.29, 1.82) is 0 Å². The second kappa shape index (κ2) is 3.46. The monoisotopic (exact) mass is 197 g/mol. The van der Waals surface area contributed by atoms with Crippen LogP contribution in [0.25, 0.3) is 0 Å². The summed E-state index contributed by atoms with van der Waals surface area (Å²) in [5.74, 6) is 0.303. The van der Waals surface area contributed by atoms with E-state index in [2.05, 4.69) is 4.98 Å². The summed E-state index contributed by atoms with van der Waals surface area (Å²) in [7, 11) is 0. The predicted molar refractivity (Wildman–Crippen MR) is 50.0 cm³/mol. The fraction of sp³-hybridized carbons (Fsp3) is 0.556. The molecule has 0 unspecified atom stereocenters. The van der Waals surface area contributed by atoms with Gasteiger partial charge >= 0.3 is 5.97 Å². The Hall–Kier alpha value is -0.900. The average molecular weight is 197 g/mol. The lowest BCUT2D eigenvalue weighted by atomic mass is 10.3. The van der Waals surface area contributed by atoms with Crippen LogP contribution in [0.15, 0.2) is 5.51 Å². The standard InChI is InChI=1S/C9H11NO2S/c1-2-12-9(11)7-8(6-3-4-6)13-5-10-7/h5-6H,2-4H2,1H3. The van der Waals surface area contributed by atoms with Crippen LogP contribution in [-0.4, -0.2) is 17.6 Å². The Kier molecular flexibility index (Phi) is 2.31. The van der Waals surface area contributed by atoms with Crippen molar-refractivity contribution < 1.29 is 9.53 Å². The fourth-order valence-corrected chi connectivity index (χ4v) is 2.19. The number of aromatic nitrogens is 1. The van der Waals surface area contributed by atoms with E-state index in [-0.39, 0.29) is 5.97 Å². The van der Waals surface area contributed by atoms with Gasteiger partial charge in [-0.15, -0.1) is 11.3 Å². The van der Waals surface area contributed by atoms with Gasteiger partial charge in [-0.25, -0.2) is 9.78 Å². The van der Waals surface area contributed by atoms with E-state index in [9.17, 15) is 4.79 Å². The summed E-state index contributed by atoms with van der Waals surface area (Å²) in [5, 5.41) is 0. The molecule has 1 aliphatic carbocycles. The minimum atomic E-state index is -0.273. The molecule has 1 aromatic heterocycles. The van der Waals surface area contributed by atoms with Crippen LogP contribution in [0.5, 0.6) is 0 Å². The minimum absolute atomic E-state index is 0.273. The Morgan fingerprint density at radius 3 is 3.15 bits per heavy atom. The Morgan fingerprint density at radius 1 is 1.77 bits per heavy atom. The molecule has 0 radical (unpaired) electrons. The zero-order valence-corrected chi connectivity index (χ0v) is 8.26. The summed E-state index contributed by atoms with van der Waals surface area (Å²) in [6, 6.07) is 0. The highest BCUT2D eigenvalue weighted by Gasteiger charge is 2.30. The van der Waals surface area contributed by atoms with E-state index in [0.29, 0.717) is 18.2 Å². The first-order valence-corrected chi connectivity index (χ1v) is 5.31. The van der Waals surface area contributed by atoms with Gasteiger partial charge < -0.3 is 4.74 Å². The van der Waals surface area contributed by atoms with Crippen molar-refractivity contribution >= 4 is 17.3 Å². The predicted octanol–water partition coefficient (Wildman–Crippen LogP) is 2.20. The molecule has 1 saturated carbocycles. The number of nitrogens with zero attached hydrogens (tertiary/aromatic N) is 1. The summed E-state index contributed by atoms with van der Waals surface area (Å²) in [6.07, 6.45) is 2.38. The molecule has 0 saturated heterocycles. The van der Waals surface area contributed by atoms with Gasteiger partial charge in [0.05, 0.1) is 12.1 Å². The zero-order valence-electron chi connectivity index (χ0n) is 7.45. The van der Waals surface area contributed by atoms with E-state index in [4.69, 9.17) is 4.74 Å². The fourth-order valence-electron chi connectivity index (χ4n) is 1.24. The Labute approximate surface area is 80.8 Å². The van der Waals surface area contributed by atoms with Crippen molar-refractivity contribution in [3.63, 3.8) is 0 Å². The number of rotatable bonds is 3. The van der Waals surface area contributed by atoms with Gasteiger partial charge in [-0.1, -0.05) is 0 Å². The van der Waals surface area contributed by atoms with Crippen LogP contribution in [-0.2, 0) is 4.74 Å². The van der Waals surface area contributed by atoms with Gasteiger partial charge in [0.15, 0.2) is 5.69 Å². The quantitative estimate of drug-likeness (QED) is 0.697. The SMILES string of the molecule is CCOC(=O)c1ncsc1C1CC1. The number of ether oxygens (including phenoxy) is 1. The maximum absolute atomic E-state index is 11.4. The smallest absolute Gasteiger partial charge is 0.358 e. The summed E-state index contributed by atoms with van der Waals surface area (Å²) in [4.78, 5) is 16.5. The van der Waals surface area contributed by atoms with E-state index >= 15 is 0 Å². The highest BCUT2D eigenvalue weighted by Crippen LogP contribution is 2.43. The number of hydrogen-bond donors (Lipinski definition) is 0. The van der Waals surface area contributed by atoms with E-state index in [0.717, 1.165) is 4.88 Å². The molecule has 0 atom stereocenters. The number of carbonyl (C=O) groups excluding carboxylic acids is 1. The second-order valence-corrected chi connectivity index (χ2v) is 3.95. The van der Waals surface area contributed by atoms with Gasteiger partial charge in [0, 0.05) is 4.88 Å². The van der Waals surface area contributed by atoms with Crippen molar-refractivity contribution in [3.8, 4) is 0 Å². The molecular formula is C9H11NO2S. The molecule has 4 heteroatoms. The van der Waals surface area contributed by atoms with Crippen molar-refractivity contribution in [1.82, 2.24) is 4.98 Å². The number of esters is 1. The van der Waals surface area contributed by atoms with Gasteiger partial charge in [0.2, 0.25) is 0 Å². The maximum atomic E-state index is 11.4. The third kappa shape index (κ3) is 1.72. The summed E-state index contributed by atoms with van der Waals surface area (Å²) in [6.45, 7) is 2.22. The lowest BCUT2D eigenvalue weighted by Gasteiger charge is -1.99. The van der Waals surface area contributed by atoms with Crippen LogP contribution in [0.3, 0.4) is 0 Å². The minimum Gasteiger partial charge on any atom is -0.461 e. The van der Waals surface area contributed by atoms with Gasteiger partial charge in [-0.3, -0.25) is 0 Å². The van der Waals surface area contributed by atoms with Crippen molar-refractivity contribution in [3.05, 3.63) is 16.1 Å². The van der Waals surface area contributed by atoms with Crippen molar-refractivity contribution in [2.75, 3.05) is 6.61 Å². The Morgan fingerprint density at radius 2 is 2.54 bits per heavy atom. The first-order valence-electron chi connectivity index (χ1n) is 4.43. The highest BCUT2D eigenvalue weighted by molar-refractivity contribution is 7.10. The third-order valence-electron chi connectivity index (χ3n) is 2.01. The van der Waals surface area contributed by atoms with E-state index in [1.807, 2.05) is 0 Å². The van der Waals surface area contributed by atoms with Crippen LogP contribution < -0.4 is 0 Å². The number of thiazole rings is 1. The zero-order chi connectivity index (χ0) is 9.26. The van der Waals surface area contributed by atoms with E-state index in [1.54, 1.807) is 23.8 Å². The molecular weight excluding hydrogens is 186 g/mol. The van der Waals surface area contributed by atoms with E-state index in [1.165, 1.54) is 12.8 Å². The molecule has 13 heavy (non-hydrogen) atoms. The van der Waals surface area contributed by atoms with Crippen LogP contribution >= 0.6 is 11.3 Å². The normalized spacial score (nSPS) is 15.8. The van der Waals surface area contributed by atoms with Crippen LogP contribution in [0.2, 0.25) is 0 Å². The molecule has 0 N–H and O–H groups in total. The molecule has 2 rings (SSSR count). The molecule has 0 spiro atoms. The first-order chi connectivity index (χ1) is 6.33. The molecule has 0 amide bonds. The highest BCUT2D eigenvalue weighted by atomic mass is 32.1. The molecule has 0 bridgehead atoms. The Bertz CT molecular complexity index is 317. The molecule has 1 fully saturated rings. The summed E-state index contributed by atoms with van der Waals surface area (Å²) in [5.41, 5.74) is 2.26. The van der Waals surface area contributed by atoms with Crippen LogP contribution in [0, 0.1) is 0 Å². The van der Waals surface area contributed by atoms with Gasteiger partial charge in [-0.2, -0.15) is 0 Å². The topological polar surface area (TPSA) is 39.2 Å². The van der Waals surface area contributed by atoms with Crippen molar-refractivity contribution in [2.45, 2.75) is 25.7 Å². The second-order valence-electron chi connectivity index (χ2n) is 3.06. The molecule has 0 aromatic carbocycles. The van der Waals surface area contributed by atoms with Crippen molar-refractivity contribution in [2.24, 2.45) is 0 Å². The molecule has 1 aromatic rings. The summed E-state index contributed by atoms with van der Waals surface area (Å²) >= 11 is 1.56. The van der Waals surface area contributed by atoms with Gasteiger partial charge in [0.25, 0.3) is 0 Å². The molecule has 70 valence electrons. The molecule has 1 heterocycles. The maximum Gasteiger partial charge on any atom is 0.358 e.